The zero-order valence-electron chi connectivity index (χ0n) is 36.6. The Morgan fingerprint density at radius 1 is 0.338 bits per heavy atom. The van der Waals surface area contributed by atoms with Gasteiger partial charge in [0, 0.05) is 6.42 Å². The Bertz CT molecular complexity index is 2200. The third kappa shape index (κ3) is 13.3. The van der Waals surface area contributed by atoms with Gasteiger partial charge in [-0.25, -0.2) is 0 Å². The second-order valence-corrected chi connectivity index (χ2v) is 16.6. The fraction of sp³-hybridized carbons (Fsp3) is 0.345. The van der Waals surface area contributed by atoms with Crippen LogP contribution in [0, 0.1) is 0 Å². The van der Waals surface area contributed by atoms with Gasteiger partial charge in [0.15, 0.2) is 0 Å². The predicted molar refractivity (Wildman–Crippen MR) is 246 cm³/mol. The Labute approximate surface area is 382 Å². The topological polar surface area (TPSA) is 114 Å². The van der Waals surface area contributed by atoms with E-state index in [0.717, 1.165) is 33.4 Å². The number of aliphatic hydroxyl groups excluding tert-OH is 2. The van der Waals surface area contributed by atoms with Crippen molar-refractivity contribution in [3.05, 3.63) is 215 Å². The van der Waals surface area contributed by atoms with Gasteiger partial charge in [0.1, 0.15) is 48.8 Å². The summed E-state index contributed by atoms with van der Waals surface area (Å²) in [5.74, 6) is 0. The van der Waals surface area contributed by atoms with Crippen LogP contribution in [0.1, 0.15) is 39.8 Å². The molecule has 6 aromatic rings. The molecular formula is C55H60O10. The lowest BCUT2D eigenvalue weighted by atomic mass is 9.87. The Kier molecular flexibility index (Phi) is 17.5. The Hall–Kier alpha value is -5.08. The lowest BCUT2D eigenvalue weighted by Gasteiger charge is -2.49. The monoisotopic (exact) mass is 880 g/mol. The molecule has 2 N–H and O–H groups in total. The molecule has 0 aliphatic carbocycles. The van der Waals surface area contributed by atoms with Crippen molar-refractivity contribution in [2.75, 3.05) is 13.2 Å². The van der Waals surface area contributed by atoms with Crippen molar-refractivity contribution in [3.63, 3.8) is 0 Å². The lowest BCUT2D eigenvalue weighted by Crippen LogP contribution is -2.64. The number of aliphatic hydroxyl groups is 2. The molecule has 6 aromatic carbocycles. The summed E-state index contributed by atoms with van der Waals surface area (Å²) >= 11 is 0. The number of rotatable bonds is 22. The SMILES string of the molecule is OC[C@H]1O[C@H](C[C@@H]2O[C@H](COCc3ccccc3)[C@@H](OCc3ccccc3)[C@H](OCc3ccccc3)[C@H]2OCc2ccccc2)[C@H](O)[C@@H](OCc2ccccc2)[C@@H]1OCc1ccccc1. The first-order chi connectivity index (χ1) is 32.1. The molecule has 2 saturated heterocycles. The van der Waals surface area contributed by atoms with Crippen molar-refractivity contribution in [3.8, 4) is 0 Å². The summed E-state index contributed by atoms with van der Waals surface area (Å²) in [6.07, 6.45) is -7.66. The smallest absolute Gasteiger partial charge is 0.115 e. The van der Waals surface area contributed by atoms with E-state index in [-0.39, 0.29) is 46.1 Å². The second-order valence-electron chi connectivity index (χ2n) is 16.6. The van der Waals surface area contributed by atoms with Crippen molar-refractivity contribution in [2.45, 2.75) is 107 Å². The van der Waals surface area contributed by atoms with Crippen molar-refractivity contribution >= 4 is 0 Å². The average molecular weight is 881 g/mol. The van der Waals surface area contributed by atoms with Crippen LogP contribution in [0.5, 0.6) is 0 Å². The highest BCUT2D eigenvalue weighted by atomic mass is 16.6. The molecular weight excluding hydrogens is 821 g/mol. The van der Waals surface area contributed by atoms with Crippen molar-refractivity contribution in [2.24, 2.45) is 0 Å². The maximum Gasteiger partial charge on any atom is 0.115 e. The molecule has 0 bridgehead atoms. The fourth-order valence-electron chi connectivity index (χ4n) is 8.57. The molecule has 340 valence electrons. The minimum absolute atomic E-state index is 0.166. The molecule has 0 unspecified atom stereocenters. The first kappa shape index (κ1) is 46.4. The molecule has 10 atom stereocenters. The first-order valence-electron chi connectivity index (χ1n) is 22.6. The molecule has 0 radical (unpaired) electrons. The number of benzene rings is 6. The van der Waals surface area contributed by atoms with Gasteiger partial charge in [-0.15, -0.1) is 0 Å². The maximum absolute atomic E-state index is 12.4. The zero-order valence-corrected chi connectivity index (χ0v) is 36.6. The molecule has 2 fully saturated rings. The van der Waals surface area contributed by atoms with Crippen LogP contribution in [0.3, 0.4) is 0 Å². The standard InChI is InChI=1S/C55H60O10/c56-32-48-52(60-35-42-23-11-3-12-24-42)54(62-37-44-27-15-5-16-28-44)50(57)46(64-48)31-47-51(59-34-41-21-9-2-10-22-41)55(63-38-45-29-17-6-18-30-45)53(61-36-43-25-13-4-14-26-43)49(65-47)39-58-33-40-19-7-1-8-20-40/h1-30,46-57H,31-39H2/t46-,47+,48-,49-,50+,51+,52-,53-,54-,55-/m1/s1. The van der Waals surface area contributed by atoms with Gasteiger partial charge in [-0.2, -0.15) is 0 Å². The van der Waals surface area contributed by atoms with Gasteiger partial charge in [0.05, 0.1) is 65.1 Å². The fourth-order valence-corrected chi connectivity index (χ4v) is 8.57. The molecule has 10 nitrogen and oxygen atoms in total. The Morgan fingerprint density at radius 3 is 1.03 bits per heavy atom. The van der Waals surface area contributed by atoms with Gasteiger partial charge < -0.3 is 48.1 Å². The number of hydrogen-bond donors (Lipinski definition) is 2. The molecule has 0 saturated carbocycles. The van der Waals surface area contributed by atoms with E-state index < -0.39 is 61.0 Å². The van der Waals surface area contributed by atoms with E-state index in [1.165, 1.54) is 0 Å². The highest BCUT2D eigenvalue weighted by Crippen LogP contribution is 2.37. The first-order valence-corrected chi connectivity index (χ1v) is 22.6. The molecule has 0 amide bonds. The second kappa shape index (κ2) is 24.4. The lowest BCUT2D eigenvalue weighted by molar-refractivity contribution is -0.293. The van der Waals surface area contributed by atoms with E-state index in [4.69, 9.17) is 37.9 Å². The average Bonchev–Trinajstić information content (AvgIpc) is 3.36. The summed E-state index contributed by atoms with van der Waals surface area (Å²) in [4.78, 5) is 0. The van der Waals surface area contributed by atoms with Gasteiger partial charge >= 0.3 is 0 Å². The maximum atomic E-state index is 12.4. The Morgan fingerprint density at radius 2 is 0.646 bits per heavy atom. The molecule has 2 heterocycles. The molecule has 65 heavy (non-hydrogen) atoms. The molecule has 0 spiro atoms. The Balaban J connectivity index is 1.12. The van der Waals surface area contributed by atoms with Crippen LogP contribution in [0.2, 0.25) is 0 Å². The third-order valence-electron chi connectivity index (χ3n) is 12.0. The van der Waals surface area contributed by atoms with Crippen LogP contribution in [0.15, 0.2) is 182 Å². The van der Waals surface area contributed by atoms with E-state index >= 15 is 0 Å². The third-order valence-corrected chi connectivity index (χ3v) is 12.0. The van der Waals surface area contributed by atoms with Crippen LogP contribution in [0.25, 0.3) is 0 Å². The van der Waals surface area contributed by atoms with Crippen LogP contribution in [-0.4, -0.2) is 84.5 Å². The van der Waals surface area contributed by atoms with E-state index in [1.807, 2.05) is 182 Å². The summed E-state index contributed by atoms with van der Waals surface area (Å²) in [6, 6.07) is 59.6. The minimum atomic E-state index is -1.18. The highest BCUT2D eigenvalue weighted by molar-refractivity contribution is 5.18. The molecule has 8 rings (SSSR count). The van der Waals surface area contributed by atoms with Crippen molar-refractivity contribution in [1.82, 2.24) is 0 Å². The summed E-state index contributed by atoms with van der Waals surface area (Å²) in [7, 11) is 0. The van der Waals surface area contributed by atoms with Gasteiger partial charge in [-0.1, -0.05) is 182 Å². The summed E-state index contributed by atoms with van der Waals surface area (Å²) in [5.41, 5.74) is 5.89. The van der Waals surface area contributed by atoms with E-state index in [9.17, 15) is 10.2 Å². The van der Waals surface area contributed by atoms with Gasteiger partial charge in [-0.3, -0.25) is 0 Å². The highest BCUT2D eigenvalue weighted by Gasteiger charge is 2.52. The number of ether oxygens (including phenoxy) is 8. The quantitative estimate of drug-likeness (QED) is 0.0690. The largest absolute Gasteiger partial charge is 0.394 e. The minimum Gasteiger partial charge on any atom is -0.394 e. The van der Waals surface area contributed by atoms with Gasteiger partial charge in [0.2, 0.25) is 0 Å². The van der Waals surface area contributed by atoms with Crippen LogP contribution < -0.4 is 0 Å². The van der Waals surface area contributed by atoms with Crippen molar-refractivity contribution in [1.29, 1.82) is 0 Å². The predicted octanol–water partition coefficient (Wildman–Crippen LogP) is 8.41. The summed E-state index contributed by atoms with van der Waals surface area (Å²) in [5, 5.41) is 23.4. The van der Waals surface area contributed by atoms with E-state index in [1.54, 1.807) is 0 Å². The van der Waals surface area contributed by atoms with Crippen molar-refractivity contribution < 1.29 is 48.1 Å². The molecule has 2 aliphatic rings. The van der Waals surface area contributed by atoms with E-state index in [2.05, 4.69) is 0 Å². The summed E-state index contributed by atoms with van der Waals surface area (Å²) in [6.45, 7) is 1.52. The van der Waals surface area contributed by atoms with E-state index in [0.29, 0.717) is 13.2 Å². The summed E-state index contributed by atoms with van der Waals surface area (Å²) < 4.78 is 54.1. The molecule has 2 aliphatic heterocycles. The van der Waals surface area contributed by atoms with Crippen LogP contribution in [-0.2, 0) is 77.5 Å². The molecule has 10 heteroatoms. The molecule has 0 aromatic heterocycles. The zero-order chi connectivity index (χ0) is 44.5. The van der Waals surface area contributed by atoms with Crippen LogP contribution >= 0.6 is 0 Å². The normalized spacial score (nSPS) is 25.6. The number of hydrogen-bond acceptors (Lipinski definition) is 10. The van der Waals surface area contributed by atoms with Crippen LogP contribution in [0.4, 0.5) is 0 Å². The van der Waals surface area contributed by atoms with Gasteiger partial charge in [-0.05, 0) is 33.4 Å². The van der Waals surface area contributed by atoms with Gasteiger partial charge in [0.25, 0.3) is 0 Å².